The fourth-order valence-electron chi connectivity index (χ4n) is 2.94. The van der Waals surface area contributed by atoms with E-state index in [1.807, 2.05) is 12.1 Å². The number of sulfone groups is 1. The van der Waals surface area contributed by atoms with Crippen LogP contribution in [0.3, 0.4) is 0 Å². The molecule has 0 bridgehead atoms. The Bertz CT molecular complexity index is 516. The minimum Gasteiger partial charge on any atom is -0.382 e. The average Bonchev–Trinajstić information content (AvgIpc) is 2.48. The maximum Gasteiger partial charge on any atom is 0.178 e. The van der Waals surface area contributed by atoms with E-state index in [4.69, 9.17) is 0 Å². The fraction of sp³-hybridized carbons (Fsp3) is 0.625. The highest BCUT2D eigenvalue weighted by molar-refractivity contribution is 7.91. The summed E-state index contributed by atoms with van der Waals surface area (Å²) in [6, 6.07) is 7.61. The molecule has 2 rings (SSSR count). The number of rotatable bonds is 5. The molecule has 0 saturated heterocycles. The Hall–Kier alpha value is -1.03. The first-order chi connectivity index (χ1) is 9.53. The number of anilines is 1. The molecule has 1 atom stereocenters. The van der Waals surface area contributed by atoms with Crippen molar-refractivity contribution in [3.8, 4) is 0 Å². The van der Waals surface area contributed by atoms with Gasteiger partial charge in [0.15, 0.2) is 9.84 Å². The van der Waals surface area contributed by atoms with Crippen LogP contribution in [0.2, 0.25) is 0 Å². The van der Waals surface area contributed by atoms with Crippen LogP contribution in [0.1, 0.15) is 46.0 Å². The monoisotopic (exact) mass is 295 g/mol. The predicted octanol–water partition coefficient (Wildman–Crippen LogP) is 3.86. The van der Waals surface area contributed by atoms with Crippen LogP contribution in [0.4, 0.5) is 5.69 Å². The van der Waals surface area contributed by atoms with E-state index in [2.05, 4.69) is 12.2 Å². The highest BCUT2D eigenvalue weighted by atomic mass is 32.2. The second-order valence-corrected chi connectivity index (χ2v) is 8.04. The average molecular weight is 295 g/mol. The summed E-state index contributed by atoms with van der Waals surface area (Å²) in [5.74, 6) is 0.890. The van der Waals surface area contributed by atoms with E-state index in [0.717, 1.165) is 11.6 Å². The van der Waals surface area contributed by atoms with Gasteiger partial charge in [-0.1, -0.05) is 26.2 Å². The standard InChI is InChI=1S/C16H25NO2S/c1-3-20(18,19)16-11-9-15(10-12-16)17-13(2)14-7-5-4-6-8-14/h9-14,17H,3-8H2,1-2H3. The SMILES string of the molecule is CCS(=O)(=O)c1ccc(NC(C)C2CCCCC2)cc1. The maximum atomic E-state index is 11.8. The summed E-state index contributed by atoms with van der Waals surface area (Å²) in [5, 5.41) is 3.51. The van der Waals surface area contributed by atoms with Crippen LogP contribution in [0.5, 0.6) is 0 Å². The molecule has 0 spiro atoms. The second kappa shape index (κ2) is 6.61. The van der Waals surface area contributed by atoms with Gasteiger partial charge in [-0.2, -0.15) is 0 Å². The zero-order valence-corrected chi connectivity index (χ0v) is 13.2. The van der Waals surface area contributed by atoms with Gasteiger partial charge >= 0.3 is 0 Å². The molecular weight excluding hydrogens is 270 g/mol. The van der Waals surface area contributed by atoms with Gasteiger partial charge in [0.05, 0.1) is 10.6 Å². The van der Waals surface area contributed by atoms with Crippen molar-refractivity contribution < 1.29 is 8.42 Å². The number of hydrogen-bond acceptors (Lipinski definition) is 3. The molecule has 1 fully saturated rings. The lowest BCUT2D eigenvalue weighted by molar-refractivity contribution is 0.328. The molecule has 3 nitrogen and oxygen atoms in total. The van der Waals surface area contributed by atoms with E-state index in [1.165, 1.54) is 32.1 Å². The summed E-state index contributed by atoms with van der Waals surface area (Å²) in [4.78, 5) is 0.413. The third kappa shape index (κ3) is 3.75. The van der Waals surface area contributed by atoms with E-state index in [9.17, 15) is 8.42 Å². The van der Waals surface area contributed by atoms with Crippen LogP contribution in [0, 0.1) is 5.92 Å². The lowest BCUT2D eigenvalue weighted by Crippen LogP contribution is -2.27. The van der Waals surface area contributed by atoms with E-state index in [0.29, 0.717) is 10.9 Å². The molecule has 20 heavy (non-hydrogen) atoms. The molecule has 0 aliphatic heterocycles. The first kappa shape index (κ1) is 15.4. The van der Waals surface area contributed by atoms with Gasteiger partial charge in [0, 0.05) is 11.7 Å². The minimum atomic E-state index is -3.09. The topological polar surface area (TPSA) is 46.2 Å². The van der Waals surface area contributed by atoms with Crippen LogP contribution in [-0.4, -0.2) is 20.2 Å². The lowest BCUT2D eigenvalue weighted by atomic mass is 9.84. The molecule has 1 aromatic rings. The van der Waals surface area contributed by atoms with Gasteiger partial charge in [-0.15, -0.1) is 0 Å². The highest BCUT2D eigenvalue weighted by Gasteiger charge is 2.20. The van der Waals surface area contributed by atoms with Crippen molar-refractivity contribution in [3.63, 3.8) is 0 Å². The molecular formula is C16H25NO2S. The molecule has 1 saturated carbocycles. The van der Waals surface area contributed by atoms with Crippen LogP contribution in [-0.2, 0) is 9.84 Å². The summed E-state index contributed by atoms with van der Waals surface area (Å²) >= 11 is 0. The molecule has 0 amide bonds. The van der Waals surface area contributed by atoms with Crippen molar-refractivity contribution in [1.82, 2.24) is 0 Å². The lowest BCUT2D eigenvalue weighted by Gasteiger charge is -2.29. The van der Waals surface area contributed by atoms with Crippen LogP contribution < -0.4 is 5.32 Å². The molecule has 0 radical (unpaired) electrons. The summed E-state index contributed by atoms with van der Waals surface area (Å²) in [6.45, 7) is 3.90. The van der Waals surface area contributed by atoms with Crippen molar-refractivity contribution in [2.24, 2.45) is 5.92 Å². The largest absolute Gasteiger partial charge is 0.382 e. The highest BCUT2D eigenvalue weighted by Crippen LogP contribution is 2.28. The van der Waals surface area contributed by atoms with Crippen LogP contribution in [0.25, 0.3) is 0 Å². The Kier molecular flexibility index (Phi) is 5.08. The summed E-state index contributed by atoms with van der Waals surface area (Å²) in [7, 11) is -3.09. The van der Waals surface area contributed by atoms with Gasteiger partial charge in [-0.3, -0.25) is 0 Å². The fourth-order valence-corrected chi connectivity index (χ4v) is 3.82. The first-order valence-electron chi connectivity index (χ1n) is 7.62. The van der Waals surface area contributed by atoms with Gasteiger partial charge in [0.25, 0.3) is 0 Å². The van der Waals surface area contributed by atoms with E-state index in [1.54, 1.807) is 19.1 Å². The van der Waals surface area contributed by atoms with Gasteiger partial charge < -0.3 is 5.32 Å². The molecule has 112 valence electrons. The maximum absolute atomic E-state index is 11.8. The second-order valence-electron chi connectivity index (χ2n) is 5.76. The Labute approximate surface area is 122 Å². The van der Waals surface area contributed by atoms with Gasteiger partial charge in [0.1, 0.15) is 0 Å². The smallest absolute Gasteiger partial charge is 0.178 e. The van der Waals surface area contributed by atoms with Crippen molar-refractivity contribution in [2.45, 2.75) is 56.9 Å². The van der Waals surface area contributed by atoms with Crippen molar-refractivity contribution in [1.29, 1.82) is 0 Å². The number of nitrogens with one attached hydrogen (secondary N) is 1. The molecule has 4 heteroatoms. The van der Waals surface area contributed by atoms with Gasteiger partial charge in [-0.05, 0) is 49.9 Å². The Morgan fingerprint density at radius 1 is 1.15 bits per heavy atom. The van der Waals surface area contributed by atoms with Crippen molar-refractivity contribution in [2.75, 3.05) is 11.1 Å². The molecule has 0 heterocycles. The normalized spacial score (nSPS) is 18.7. The number of hydrogen-bond donors (Lipinski definition) is 1. The number of benzene rings is 1. The molecule has 1 aliphatic rings. The van der Waals surface area contributed by atoms with E-state index < -0.39 is 9.84 Å². The summed E-state index contributed by atoms with van der Waals surface area (Å²) < 4.78 is 23.5. The van der Waals surface area contributed by atoms with Crippen LogP contribution in [0.15, 0.2) is 29.2 Å². The van der Waals surface area contributed by atoms with Crippen molar-refractivity contribution in [3.05, 3.63) is 24.3 Å². The van der Waals surface area contributed by atoms with Crippen LogP contribution >= 0.6 is 0 Å². The molecule has 1 N–H and O–H groups in total. The third-order valence-corrected chi connectivity index (χ3v) is 6.10. The Morgan fingerprint density at radius 3 is 2.30 bits per heavy atom. The molecule has 1 aliphatic carbocycles. The third-order valence-electron chi connectivity index (χ3n) is 4.34. The summed E-state index contributed by atoms with van der Waals surface area (Å²) in [6.07, 6.45) is 6.65. The quantitative estimate of drug-likeness (QED) is 0.897. The van der Waals surface area contributed by atoms with Crippen molar-refractivity contribution >= 4 is 15.5 Å². The zero-order chi connectivity index (χ0) is 14.6. The molecule has 1 unspecified atom stereocenters. The van der Waals surface area contributed by atoms with E-state index >= 15 is 0 Å². The Morgan fingerprint density at radius 2 is 1.75 bits per heavy atom. The zero-order valence-electron chi connectivity index (χ0n) is 12.4. The van der Waals surface area contributed by atoms with Gasteiger partial charge in [0.2, 0.25) is 0 Å². The van der Waals surface area contributed by atoms with Gasteiger partial charge in [-0.25, -0.2) is 8.42 Å². The predicted molar refractivity (Wildman–Crippen MR) is 83.8 cm³/mol. The molecule has 0 aromatic heterocycles. The van der Waals surface area contributed by atoms with E-state index in [-0.39, 0.29) is 5.75 Å². The minimum absolute atomic E-state index is 0.151. The Balaban J connectivity index is 2.00. The molecule has 1 aromatic carbocycles. The summed E-state index contributed by atoms with van der Waals surface area (Å²) in [5.41, 5.74) is 1.01. The first-order valence-corrected chi connectivity index (χ1v) is 9.27.